The van der Waals surface area contributed by atoms with Crippen molar-refractivity contribution in [1.82, 2.24) is 0 Å². The Bertz CT molecular complexity index is 480. The van der Waals surface area contributed by atoms with Crippen LogP contribution in [-0.4, -0.2) is 7.05 Å². The molecule has 2 aromatic carbocycles. The van der Waals surface area contributed by atoms with Crippen molar-refractivity contribution >= 4 is 17.1 Å². The van der Waals surface area contributed by atoms with Gasteiger partial charge in [0.15, 0.2) is 0 Å². The van der Waals surface area contributed by atoms with Gasteiger partial charge in [-0.25, -0.2) is 4.39 Å². The molecule has 0 fully saturated rings. The lowest BCUT2D eigenvalue weighted by Gasteiger charge is -2.19. The molecule has 0 saturated carbocycles. The fourth-order valence-corrected chi connectivity index (χ4v) is 1.49. The van der Waals surface area contributed by atoms with Gasteiger partial charge in [0.1, 0.15) is 5.82 Å². The Hall–Kier alpha value is -2.03. The Kier molecular flexibility index (Phi) is 2.77. The summed E-state index contributed by atoms with van der Waals surface area (Å²) in [6.45, 7) is 0. The summed E-state index contributed by atoms with van der Waals surface area (Å²) < 4.78 is 12.8. The van der Waals surface area contributed by atoms with Gasteiger partial charge in [-0.1, -0.05) is 6.07 Å². The van der Waals surface area contributed by atoms with Gasteiger partial charge in [-0.05, 0) is 36.4 Å². The SMILES string of the molecule is CN(c1ccc(F)cc1)c1cc[c]c(N)c1. The van der Waals surface area contributed by atoms with Gasteiger partial charge in [-0.3, -0.25) is 0 Å². The fourth-order valence-electron chi connectivity index (χ4n) is 1.49. The van der Waals surface area contributed by atoms with E-state index < -0.39 is 0 Å². The van der Waals surface area contributed by atoms with Gasteiger partial charge < -0.3 is 10.6 Å². The summed E-state index contributed by atoms with van der Waals surface area (Å²) in [4.78, 5) is 1.93. The zero-order valence-electron chi connectivity index (χ0n) is 8.94. The van der Waals surface area contributed by atoms with E-state index in [0.29, 0.717) is 5.69 Å². The lowest BCUT2D eigenvalue weighted by molar-refractivity contribution is 0.628. The maximum atomic E-state index is 12.8. The molecule has 0 aromatic heterocycles. The number of hydrogen-bond donors (Lipinski definition) is 1. The molecule has 2 nitrogen and oxygen atoms in total. The Balaban J connectivity index is 2.31. The summed E-state index contributed by atoms with van der Waals surface area (Å²) in [7, 11) is 1.90. The van der Waals surface area contributed by atoms with Crippen LogP contribution < -0.4 is 10.6 Å². The molecule has 0 saturated heterocycles. The lowest BCUT2D eigenvalue weighted by atomic mass is 10.2. The van der Waals surface area contributed by atoms with Crippen LogP contribution in [0.4, 0.5) is 21.5 Å². The molecule has 2 aromatic rings. The maximum absolute atomic E-state index is 12.8. The number of nitrogens with two attached hydrogens (primary N) is 1. The summed E-state index contributed by atoms with van der Waals surface area (Å²) in [6, 6.07) is 14.7. The first-order valence-corrected chi connectivity index (χ1v) is 4.93. The molecular weight excluding hydrogens is 203 g/mol. The van der Waals surface area contributed by atoms with Crippen LogP contribution in [0.1, 0.15) is 0 Å². The van der Waals surface area contributed by atoms with Crippen molar-refractivity contribution in [2.24, 2.45) is 0 Å². The second-order valence-corrected chi connectivity index (χ2v) is 3.54. The molecule has 1 radical (unpaired) electrons. The Morgan fingerprint density at radius 3 is 2.44 bits per heavy atom. The Morgan fingerprint density at radius 2 is 1.81 bits per heavy atom. The van der Waals surface area contributed by atoms with Gasteiger partial charge >= 0.3 is 0 Å². The second kappa shape index (κ2) is 4.23. The molecule has 0 unspecified atom stereocenters. The molecule has 2 N–H and O–H groups in total. The molecule has 0 spiro atoms. The molecule has 0 atom stereocenters. The van der Waals surface area contributed by atoms with Crippen molar-refractivity contribution in [1.29, 1.82) is 0 Å². The zero-order valence-corrected chi connectivity index (χ0v) is 8.94. The highest BCUT2D eigenvalue weighted by atomic mass is 19.1. The van der Waals surface area contributed by atoms with E-state index in [-0.39, 0.29) is 5.82 Å². The van der Waals surface area contributed by atoms with Crippen LogP contribution in [-0.2, 0) is 0 Å². The van der Waals surface area contributed by atoms with Crippen molar-refractivity contribution in [3.8, 4) is 0 Å². The molecule has 0 aliphatic heterocycles. The Morgan fingerprint density at radius 1 is 1.12 bits per heavy atom. The van der Waals surface area contributed by atoms with Crippen molar-refractivity contribution in [2.75, 3.05) is 17.7 Å². The number of hydrogen-bond acceptors (Lipinski definition) is 2. The second-order valence-electron chi connectivity index (χ2n) is 3.54. The summed E-state index contributed by atoms with van der Waals surface area (Å²) in [5.41, 5.74) is 8.10. The van der Waals surface area contributed by atoms with Gasteiger partial charge in [0, 0.05) is 30.2 Å². The standard InChI is InChI=1S/C13H12FN2/c1-16(12-7-5-10(14)6-8-12)13-4-2-3-11(15)9-13/h2,4-9H,15H2,1H3. The first-order chi connectivity index (χ1) is 7.66. The van der Waals surface area contributed by atoms with Gasteiger partial charge in [0.2, 0.25) is 0 Å². The number of nitrogens with zero attached hydrogens (tertiary/aromatic N) is 1. The van der Waals surface area contributed by atoms with Crippen LogP contribution in [0.2, 0.25) is 0 Å². The highest BCUT2D eigenvalue weighted by Gasteiger charge is 2.03. The topological polar surface area (TPSA) is 29.3 Å². The Labute approximate surface area is 94.1 Å². The van der Waals surface area contributed by atoms with Gasteiger partial charge in [0.05, 0.1) is 0 Å². The van der Waals surface area contributed by atoms with Crippen molar-refractivity contribution in [3.05, 3.63) is 54.3 Å². The summed E-state index contributed by atoms with van der Waals surface area (Å²) >= 11 is 0. The highest BCUT2D eigenvalue weighted by molar-refractivity contribution is 5.65. The third kappa shape index (κ3) is 2.14. The van der Waals surface area contributed by atoms with E-state index in [2.05, 4.69) is 6.07 Å². The van der Waals surface area contributed by atoms with Crippen molar-refractivity contribution in [3.63, 3.8) is 0 Å². The molecule has 3 heteroatoms. The number of rotatable bonds is 2. The van der Waals surface area contributed by atoms with Gasteiger partial charge in [0.25, 0.3) is 0 Å². The zero-order chi connectivity index (χ0) is 11.5. The maximum Gasteiger partial charge on any atom is 0.123 e. The number of benzene rings is 2. The molecule has 0 aliphatic rings. The minimum Gasteiger partial charge on any atom is -0.398 e. The molecule has 81 valence electrons. The third-order valence-electron chi connectivity index (χ3n) is 2.41. The molecule has 0 aliphatic carbocycles. The number of halogens is 1. The summed E-state index contributed by atoms with van der Waals surface area (Å²) in [5, 5.41) is 0. The van der Waals surface area contributed by atoms with E-state index in [9.17, 15) is 4.39 Å². The van der Waals surface area contributed by atoms with Crippen LogP contribution in [0, 0.1) is 11.9 Å². The first kappa shape index (κ1) is 10.5. The molecular formula is C13H12FN2. The first-order valence-electron chi connectivity index (χ1n) is 4.93. The molecule has 0 amide bonds. The van der Waals surface area contributed by atoms with Crippen LogP contribution in [0.15, 0.2) is 42.5 Å². The minimum absolute atomic E-state index is 0.238. The van der Waals surface area contributed by atoms with Gasteiger partial charge in [-0.15, -0.1) is 0 Å². The molecule has 0 bridgehead atoms. The van der Waals surface area contributed by atoms with E-state index in [1.807, 2.05) is 24.1 Å². The van der Waals surface area contributed by atoms with Crippen molar-refractivity contribution in [2.45, 2.75) is 0 Å². The predicted molar refractivity (Wildman–Crippen MR) is 64.2 cm³/mol. The number of nitrogen functional groups attached to an aromatic ring is 1. The van der Waals surface area contributed by atoms with E-state index in [0.717, 1.165) is 11.4 Å². The highest BCUT2D eigenvalue weighted by Crippen LogP contribution is 2.24. The average molecular weight is 215 g/mol. The van der Waals surface area contributed by atoms with Crippen molar-refractivity contribution < 1.29 is 4.39 Å². The van der Waals surface area contributed by atoms with Crippen LogP contribution in [0.25, 0.3) is 0 Å². The average Bonchev–Trinajstić information content (AvgIpc) is 2.29. The largest absolute Gasteiger partial charge is 0.398 e. The quantitative estimate of drug-likeness (QED) is 0.780. The smallest absolute Gasteiger partial charge is 0.123 e. The third-order valence-corrected chi connectivity index (χ3v) is 2.41. The predicted octanol–water partition coefficient (Wildman–Crippen LogP) is 2.98. The van der Waals surface area contributed by atoms with Gasteiger partial charge in [-0.2, -0.15) is 0 Å². The fraction of sp³-hybridized carbons (Fsp3) is 0.0769. The summed E-state index contributed by atoms with van der Waals surface area (Å²) in [5.74, 6) is -0.238. The van der Waals surface area contributed by atoms with E-state index in [4.69, 9.17) is 5.73 Å². The minimum atomic E-state index is -0.238. The van der Waals surface area contributed by atoms with Crippen LogP contribution in [0.3, 0.4) is 0 Å². The molecule has 0 heterocycles. The van der Waals surface area contributed by atoms with E-state index >= 15 is 0 Å². The van der Waals surface area contributed by atoms with E-state index in [1.54, 1.807) is 18.2 Å². The van der Waals surface area contributed by atoms with Crippen LogP contribution in [0.5, 0.6) is 0 Å². The lowest BCUT2D eigenvalue weighted by Crippen LogP contribution is -2.09. The van der Waals surface area contributed by atoms with Crippen LogP contribution >= 0.6 is 0 Å². The molecule has 16 heavy (non-hydrogen) atoms. The number of anilines is 3. The van der Waals surface area contributed by atoms with E-state index in [1.165, 1.54) is 12.1 Å². The molecule has 2 rings (SSSR count). The normalized spacial score (nSPS) is 10.1. The monoisotopic (exact) mass is 215 g/mol. The summed E-state index contributed by atoms with van der Waals surface area (Å²) in [6.07, 6.45) is 0.